The van der Waals surface area contributed by atoms with E-state index >= 15 is 0 Å². The van der Waals surface area contributed by atoms with Gasteiger partial charge in [0.1, 0.15) is 0 Å². The molecule has 3 atom stereocenters. The van der Waals surface area contributed by atoms with Crippen molar-refractivity contribution >= 4 is 43.5 Å². The van der Waals surface area contributed by atoms with Crippen LogP contribution in [0.25, 0.3) is 0 Å². The number of aryl methyl sites for hydroxylation is 1. The second-order valence-corrected chi connectivity index (χ2v) is 7.54. The van der Waals surface area contributed by atoms with Crippen molar-refractivity contribution in [2.45, 2.75) is 32.2 Å². The fourth-order valence-electron chi connectivity index (χ4n) is 3.49. The molecule has 1 saturated heterocycles. The molecule has 1 aromatic carbocycles. The molecule has 0 bridgehead atoms. The summed E-state index contributed by atoms with van der Waals surface area (Å²) in [7, 11) is 0. The molecule has 20 heavy (non-hydrogen) atoms. The molecule has 1 aromatic rings. The highest BCUT2D eigenvalue weighted by Crippen LogP contribution is 2.39. The fourth-order valence-corrected chi connectivity index (χ4v) is 5.11. The van der Waals surface area contributed by atoms with Gasteiger partial charge in [0.05, 0.1) is 11.7 Å². The lowest BCUT2D eigenvalue weighted by molar-refractivity contribution is -0.118. The van der Waals surface area contributed by atoms with E-state index in [1.165, 1.54) is 19.3 Å². The molecule has 0 radical (unpaired) electrons. The highest BCUT2D eigenvalue weighted by Gasteiger charge is 2.42. The Balaban J connectivity index is 1.76. The van der Waals surface area contributed by atoms with Crippen LogP contribution in [-0.4, -0.2) is 18.5 Å². The predicted molar refractivity (Wildman–Crippen MR) is 87.8 cm³/mol. The van der Waals surface area contributed by atoms with Gasteiger partial charge in [0.15, 0.2) is 0 Å². The molecule has 1 heterocycles. The molecule has 5 heteroatoms. The molecule has 3 unspecified atom stereocenters. The van der Waals surface area contributed by atoms with Gasteiger partial charge in [0.25, 0.3) is 0 Å². The summed E-state index contributed by atoms with van der Waals surface area (Å²) in [5.74, 6) is 1.29. The third-order valence-corrected chi connectivity index (χ3v) is 5.71. The predicted octanol–water partition coefficient (Wildman–Crippen LogP) is 3.85. The van der Waals surface area contributed by atoms with Crippen molar-refractivity contribution in [1.82, 2.24) is 5.32 Å². The number of nitrogens with one attached hydrogen (secondary N) is 2. The third kappa shape index (κ3) is 2.68. The van der Waals surface area contributed by atoms with Crippen molar-refractivity contribution in [2.24, 2.45) is 11.8 Å². The van der Waals surface area contributed by atoms with Crippen LogP contribution in [-0.2, 0) is 4.79 Å². The zero-order chi connectivity index (χ0) is 14.3. The zero-order valence-electron chi connectivity index (χ0n) is 11.4. The second-order valence-electron chi connectivity index (χ2n) is 5.83. The zero-order valence-corrected chi connectivity index (χ0v) is 14.6. The minimum Gasteiger partial charge on any atom is -0.323 e. The first kappa shape index (κ1) is 14.5. The molecule has 1 amide bonds. The minimum atomic E-state index is -0.0393. The van der Waals surface area contributed by atoms with Gasteiger partial charge in [-0.05, 0) is 87.7 Å². The van der Waals surface area contributed by atoms with E-state index in [2.05, 4.69) is 42.5 Å². The van der Waals surface area contributed by atoms with Crippen molar-refractivity contribution < 1.29 is 4.79 Å². The molecule has 108 valence electrons. The standard InChI is InChI=1S/C15H18Br2N2O/c1-8-5-11(16)14(12(17)6-8)19-15(20)13-10-4-2-3-9(10)7-18-13/h5-6,9-10,13,18H,2-4,7H2,1H3,(H,19,20). The van der Waals surface area contributed by atoms with Gasteiger partial charge < -0.3 is 10.6 Å². The highest BCUT2D eigenvalue weighted by atomic mass is 79.9. The summed E-state index contributed by atoms with van der Waals surface area (Å²) in [4.78, 5) is 12.5. The van der Waals surface area contributed by atoms with Crippen LogP contribution >= 0.6 is 31.9 Å². The summed E-state index contributed by atoms with van der Waals surface area (Å²) in [5, 5.41) is 6.45. The average Bonchev–Trinajstić information content (AvgIpc) is 2.95. The monoisotopic (exact) mass is 400 g/mol. The Bertz CT molecular complexity index is 524. The van der Waals surface area contributed by atoms with Gasteiger partial charge >= 0.3 is 0 Å². The summed E-state index contributed by atoms with van der Waals surface area (Å²) in [6.45, 7) is 3.02. The maximum Gasteiger partial charge on any atom is 0.241 e. The maximum absolute atomic E-state index is 12.5. The lowest BCUT2D eigenvalue weighted by Crippen LogP contribution is -2.39. The highest BCUT2D eigenvalue weighted by molar-refractivity contribution is 9.11. The normalized spacial score (nSPS) is 28.4. The van der Waals surface area contributed by atoms with E-state index in [1.807, 2.05) is 19.1 Å². The number of rotatable bonds is 2. The Morgan fingerprint density at radius 3 is 2.70 bits per heavy atom. The molecule has 1 aliphatic carbocycles. The molecule has 2 fully saturated rings. The molecule has 3 rings (SSSR count). The van der Waals surface area contributed by atoms with E-state index in [1.54, 1.807) is 0 Å². The summed E-state index contributed by atoms with van der Waals surface area (Å²) in [6.07, 6.45) is 3.70. The number of fused-ring (bicyclic) bond motifs is 1. The molecule has 0 spiro atoms. The number of benzene rings is 1. The molecule has 0 aromatic heterocycles. The molecule has 3 nitrogen and oxygen atoms in total. The Labute approximate surface area is 136 Å². The lowest BCUT2D eigenvalue weighted by atomic mass is 9.93. The summed E-state index contributed by atoms with van der Waals surface area (Å²) in [5.41, 5.74) is 1.97. The number of hydrogen-bond donors (Lipinski definition) is 2. The van der Waals surface area contributed by atoms with Crippen LogP contribution in [0.5, 0.6) is 0 Å². The van der Waals surface area contributed by atoms with E-state index in [9.17, 15) is 4.79 Å². The van der Waals surface area contributed by atoms with Gasteiger partial charge in [-0.3, -0.25) is 4.79 Å². The van der Waals surface area contributed by atoms with E-state index in [4.69, 9.17) is 0 Å². The molecular weight excluding hydrogens is 384 g/mol. The van der Waals surface area contributed by atoms with Gasteiger partial charge in [-0.25, -0.2) is 0 Å². The van der Waals surface area contributed by atoms with Crippen LogP contribution in [0.2, 0.25) is 0 Å². The van der Waals surface area contributed by atoms with E-state index in [-0.39, 0.29) is 11.9 Å². The number of carbonyl (C=O) groups is 1. The van der Waals surface area contributed by atoms with Gasteiger partial charge in [-0.2, -0.15) is 0 Å². The van der Waals surface area contributed by atoms with E-state index < -0.39 is 0 Å². The van der Waals surface area contributed by atoms with Crippen molar-refractivity contribution in [1.29, 1.82) is 0 Å². The topological polar surface area (TPSA) is 41.1 Å². The smallest absolute Gasteiger partial charge is 0.241 e. The second kappa shape index (κ2) is 5.78. The molecule has 1 saturated carbocycles. The number of amides is 1. The number of carbonyl (C=O) groups excluding carboxylic acids is 1. The maximum atomic E-state index is 12.5. The number of anilines is 1. The fraction of sp³-hybridized carbons (Fsp3) is 0.533. The van der Waals surface area contributed by atoms with Gasteiger partial charge in [-0.1, -0.05) is 6.42 Å². The van der Waals surface area contributed by atoms with Crippen LogP contribution in [0.3, 0.4) is 0 Å². The average molecular weight is 402 g/mol. The summed E-state index contributed by atoms with van der Waals surface area (Å²) in [6, 6.07) is 3.99. The first-order valence-corrected chi connectivity index (χ1v) is 8.65. The number of hydrogen-bond acceptors (Lipinski definition) is 2. The summed E-state index contributed by atoms with van der Waals surface area (Å²) >= 11 is 7.05. The minimum absolute atomic E-state index is 0.0393. The van der Waals surface area contributed by atoms with Gasteiger partial charge in [-0.15, -0.1) is 0 Å². The van der Waals surface area contributed by atoms with Crippen LogP contribution in [0.1, 0.15) is 24.8 Å². The Hall–Kier alpha value is -0.390. The molecular formula is C15H18Br2N2O. The van der Waals surface area contributed by atoms with Crippen molar-refractivity contribution in [3.8, 4) is 0 Å². The van der Waals surface area contributed by atoms with Gasteiger partial charge in [0, 0.05) is 8.95 Å². The van der Waals surface area contributed by atoms with Crippen LogP contribution < -0.4 is 10.6 Å². The lowest BCUT2D eigenvalue weighted by Gasteiger charge is -2.19. The van der Waals surface area contributed by atoms with Crippen molar-refractivity contribution in [3.63, 3.8) is 0 Å². The van der Waals surface area contributed by atoms with E-state index in [0.29, 0.717) is 11.8 Å². The quantitative estimate of drug-likeness (QED) is 0.790. The first-order valence-electron chi connectivity index (χ1n) is 7.06. The van der Waals surface area contributed by atoms with Crippen LogP contribution in [0.4, 0.5) is 5.69 Å². The number of halogens is 2. The molecule has 2 aliphatic rings. The van der Waals surface area contributed by atoms with Gasteiger partial charge in [0.2, 0.25) is 5.91 Å². The Kier molecular flexibility index (Phi) is 4.20. The SMILES string of the molecule is Cc1cc(Br)c(NC(=O)C2NCC3CCCC32)c(Br)c1. The van der Waals surface area contributed by atoms with Crippen molar-refractivity contribution in [3.05, 3.63) is 26.6 Å². The van der Waals surface area contributed by atoms with E-state index in [0.717, 1.165) is 26.7 Å². The third-order valence-electron chi connectivity index (χ3n) is 4.46. The van der Waals surface area contributed by atoms with Crippen LogP contribution in [0.15, 0.2) is 21.1 Å². The molecule has 2 N–H and O–H groups in total. The Morgan fingerprint density at radius 2 is 2.00 bits per heavy atom. The largest absolute Gasteiger partial charge is 0.323 e. The summed E-state index contributed by atoms with van der Waals surface area (Å²) < 4.78 is 1.83. The van der Waals surface area contributed by atoms with Crippen molar-refractivity contribution in [2.75, 3.05) is 11.9 Å². The Morgan fingerprint density at radius 1 is 1.30 bits per heavy atom. The first-order chi connectivity index (χ1) is 9.56. The molecule has 1 aliphatic heterocycles. The van der Waals surface area contributed by atoms with Crippen LogP contribution in [0, 0.1) is 18.8 Å².